The molecule has 0 heterocycles. The fourth-order valence-corrected chi connectivity index (χ4v) is 0.954. The van der Waals surface area contributed by atoms with Crippen LogP contribution >= 0.6 is 0 Å². The van der Waals surface area contributed by atoms with Gasteiger partial charge in [-0.3, -0.25) is 0 Å². The van der Waals surface area contributed by atoms with Crippen molar-refractivity contribution in [2.24, 2.45) is 0 Å². The molecule has 0 radical (unpaired) electrons. The van der Waals surface area contributed by atoms with Crippen molar-refractivity contribution >= 4 is 6.16 Å². The Balaban J connectivity index is 2.64. The van der Waals surface area contributed by atoms with Gasteiger partial charge in [-0.05, 0) is 24.1 Å². The lowest BCUT2D eigenvalue weighted by Gasteiger charge is -2.00. The van der Waals surface area contributed by atoms with Crippen LogP contribution in [-0.2, 0) is 6.42 Å². The van der Waals surface area contributed by atoms with Crippen molar-refractivity contribution in [2.45, 2.75) is 6.42 Å². The minimum absolute atomic E-state index is 0.0825. The van der Waals surface area contributed by atoms with Crippen LogP contribution < -0.4 is 4.74 Å². The third kappa shape index (κ3) is 3.13. The van der Waals surface area contributed by atoms with Gasteiger partial charge in [0.05, 0.1) is 0 Å². The number of carbonyl (C=O) groups is 1. The molecule has 0 aliphatic carbocycles. The molecule has 13 heavy (non-hydrogen) atoms. The van der Waals surface area contributed by atoms with Gasteiger partial charge in [-0.25, -0.2) is 4.79 Å². The number of ether oxygens (including phenoxy) is 1. The molecule has 0 fully saturated rings. The summed E-state index contributed by atoms with van der Waals surface area (Å²) in [5.74, 6) is 0.286. The molecule has 0 bridgehead atoms. The van der Waals surface area contributed by atoms with E-state index >= 15 is 0 Å². The third-order valence-corrected chi connectivity index (χ3v) is 1.53. The van der Waals surface area contributed by atoms with E-state index in [9.17, 15) is 4.79 Å². The first kappa shape index (κ1) is 9.54. The van der Waals surface area contributed by atoms with Crippen molar-refractivity contribution in [3.8, 4) is 5.75 Å². The summed E-state index contributed by atoms with van der Waals surface area (Å²) < 4.78 is 4.40. The van der Waals surface area contributed by atoms with Crippen molar-refractivity contribution in [1.82, 2.24) is 0 Å². The number of benzene rings is 1. The summed E-state index contributed by atoms with van der Waals surface area (Å²) in [6, 6.07) is 6.54. The number of aliphatic hydroxyl groups excluding tert-OH is 1. The molecule has 1 aromatic carbocycles. The molecule has 1 rings (SSSR count). The molecule has 1 aromatic rings. The molecule has 0 amide bonds. The fraction of sp³-hybridized carbons (Fsp3) is 0.222. The van der Waals surface area contributed by atoms with Crippen LogP contribution in [0.4, 0.5) is 4.79 Å². The molecule has 0 aromatic heterocycles. The van der Waals surface area contributed by atoms with Crippen LogP contribution in [0.15, 0.2) is 24.3 Å². The lowest BCUT2D eigenvalue weighted by Crippen LogP contribution is -2.02. The number of hydrogen-bond acceptors (Lipinski definition) is 3. The molecule has 0 spiro atoms. The van der Waals surface area contributed by atoms with Gasteiger partial charge in [0.1, 0.15) is 5.75 Å². The topological polar surface area (TPSA) is 66.8 Å². The smallest absolute Gasteiger partial charge is 0.449 e. The van der Waals surface area contributed by atoms with Crippen molar-refractivity contribution < 1.29 is 19.7 Å². The predicted octanol–water partition coefficient (Wildman–Crippen LogP) is 1.28. The zero-order valence-electron chi connectivity index (χ0n) is 6.93. The molecule has 2 N–H and O–H groups in total. The molecule has 0 unspecified atom stereocenters. The molecule has 70 valence electrons. The Labute approximate surface area is 75.4 Å². The summed E-state index contributed by atoms with van der Waals surface area (Å²) in [6.45, 7) is 0.0825. The highest BCUT2D eigenvalue weighted by atomic mass is 16.7. The molecular weight excluding hydrogens is 172 g/mol. The lowest BCUT2D eigenvalue weighted by molar-refractivity contribution is 0.144. The average Bonchev–Trinajstić information content (AvgIpc) is 2.08. The Hall–Kier alpha value is -1.55. The summed E-state index contributed by atoms with van der Waals surface area (Å²) in [6.07, 6.45) is -0.761. The zero-order valence-corrected chi connectivity index (χ0v) is 6.93. The van der Waals surface area contributed by atoms with E-state index < -0.39 is 6.16 Å². The van der Waals surface area contributed by atoms with Gasteiger partial charge in [-0.15, -0.1) is 0 Å². The van der Waals surface area contributed by atoms with E-state index in [4.69, 9.17) is 10.2 Å². The molecule has 4 nitrogen and oxygen atoms in total. The summed E-state index contributed by atoms with van der Waals surface area (Å²) in [5.41, 5.74) is 0.945. The first-order chi connectivity index (χ1) is 6.22. The fourth-order valence-electron chi connectivity index (χ4n) is 0.954. The minimum Gasteiger partial charge on any atom is -0.449 e. The molecule has 0 aliphatic heterocycles. The van der Waals surface area contributed by atoms with Gasteiger partial charge in [0.15, 0.2) is 0 Å². The van der Waals surface area contributed by atoms with Gasteiger partial charge in [-0.1, -0.05) is 12.1 Å². The van der Waals surface area contributed by atoms with Crippen LogP contribution in [-0.4, -0.2) is 23.0 Å². The van der Waals surface area contributed by atoms with Crippen molar-refractivity contribution in [2.75, 3.05) is 6.61 Å². The summed E-state index contributed by atoms with van der Waals surface area (Å²) >= 11 is 0. The number of carboxylic acid groups (broad SMARTS) is 1. The van der Waals surface area contributed by atoms with Gasteiger partial charge >= 0.3 is 6.16 Å². The standard InChI is InChI=1S/C9H10O4/c10-6-5-7-1-3-8(4-2-7)13-9(11)12/h1-4,10H,5-6H2,(H,11,12). The van der Waals surface area contributed by atoms with Crippen LogP contribution in [0.1, 0.15) is 5.56 Å². The number of hydrogen-bond donors (Lipinski definition) is 2. The second-order valence-corrected chi connectivity index (χ2v) is 2.49. The van der Waals surface area contributed by atoms with Gasteiger partial charge in [0.2, 0.25) is 0 Å². The maximum Gasteiger partial charge on any atom is 0.511 e. The van der Waals surface area contributed by atoms with E-state index in [1.807, 2.05) is 0 Å². The summed E-state index contributed by atoms with van der Waals surface area (Å²) in [5, 5.41) is 16.9. The maximum atomic E-state index is 10.1. The highest BCUT2D eigenvalue weighted by Gasteiger charge is 1.99. The maximum absolute atomic E-state index is 10.1. The second-order valence-electron chi connectivity index (χ2n) is 2.49. The first-order valence-electron chi connectivity index (χ1n) is 3.83. The van der Waals surface area contributed by atoms with Gasteiger partial charge in [-0.2, -0.15) is 0 Å². The Morgan fingerprint density at radius 3 is 2.38 bits per heavy atom. The van der Waals surface area contributed by atoms with E-state index in [2.05, 4.69) is 4.74 Å². The Kier molecular flexibility index (Phi) is 3.28. The summed E-state index contributed by atoms with van der Waals surface area (Å²) in [7, 11) is 0. The quantitative estimate of drug-likeness (QED) is 0.545. The largest absolute Gasteiger partial charge is 0.511 e. The third-order valence-electron chi connectivity index (χ3n) is 1.53. The lowest BCUT2D eigenvalue weighted by atomic mass is 10.1. The van der Waals surface area contributed by atoms with Crippen LogP contribution in [0.5, 0.6) is 5.75 Å². The van der Waals surface area contributed by atoms with Crippen LogP contribution in [0.3, 0.4) is 0 Å². The Morgan fingerprint density at radius 2 is 1.92 bits per heavy atom. The van der Waals surface area contributed by atoms with Crippen LogP contribution in [0.25, 0.3) is 0 Å². The van der Waals surface area contributed by atoms with E-state index in [1.165, 1.54) is 0 Å². The Bertz CT molecular complexity index is 278. The monoisotopic (exact) mass is 182 g/mol. The molecular formula is C9H10O4. The minimum atomic E-state index is -1.32. The molecule has 0 saturated carbocycles. The van der Waals surface area contributed by atoms with E-state index in [-0.39, 0.29) is 12.4 Å². The predicted molar refractivity (Wildman–Crippen MR) is 45.9 cm³/mol. The van der Waals surface area contributed by atoms with Crippen LogP contribution in [0.2, 0.25) is 0 Å². The highest BCUT2D eigenvalue weighted by molar-refractivity contribution is 5.61. The van der Waals surface area contributed by atoms with Crippen molar-refractivity contribution in [3.63, 3.8) is 0 Å². The number of rotatable bonds is 3. The molecule has 0 aliphatic rings. The van der Waals surface area contributed by atoms with E-state index in [1.54, 1.807) is 24.3 Å². The van der Waals surface area contributed by atoms with E-state index in [0.29, 0.717) is 6.42 Å². The molecule has 0 atom stereocenters. The Morgan fingerprint density at radius 1 is 1.31 bits per heavy atom. The normalized spacial score (nSPS) is 9.62. The van der Waals surface area contributed by atoms with Crippen LogP contribution in [0, 0.1) is 0 Å². The first-order valence-corrected chi connectivity index (χ1v) is 3.83. The zero-order chi connectivity index (χ0) is 9.68. The molecule has 0 saturated heterocycles. The highest BCUT2D eigenvalue weighted by Crippen LogP contribution is 2.12. The van der Waals surface area contributed by atoms with Gasteiger partial charge < -0.3 is 14.9 Å². The molecule has 4 heteroatoms. The van der Waals surface area contributed by atoms with Gasteiger partial charge in [0, 0.05) is 6.61 Å². The second kappa shape index (κ2) is 4.47. The van der Waals surface area contributed by atoms with E-state index in [0.717, 1.165) is 5.56 Å². The number of aliphatic hydroxyl groups is 1. The summed E-state index contributed by atoms with van der Waals surface area (Å²) in [4.78, 5) is 10.1. The SMILES string of the molecule is O=C(O)Oc1ccc(CCO)cc1. The van der Waals surface area contributed by atoms with Gasteiger partial charge in [0.25, 0.3) is 0 Å². The van der Waals surface area contributed by atoms with Crippen molar-refractivity contribution in [1.29, 1.82) is 0 Å². The average molecular weight is 182 g/mol. The van der Waals surface area contributed by atoms with Crippen molar-refractivity contribution in [3.05, 3.63) is 29.8 Å².